The van der Waals surface area contributed by atoms with Gasteiger partial charge < -0.3 is 9.72 Å². The molecule has 0 bridgehead atoms. The summed E-state index contributed by atoms with van der Waals surface area (Å²) in [6, 6.07) is 3.40. The van der Waals surface area contributed by atoms with Crippen molar-refractivity contribution in [2.45, 2.75) is 18.6 Å². The summed E-state index contributed by atoms with van der Waals surface area (Å²) in [7, 11) is 0. The van der Waals surface area contributed by atoms with Crippen LogP contribution in [0.2, 0.25) is 0 Å². The molecule has 0 amide bonds. The Morgan fingerprint density at radius 1 is 1.37 bits per heavy atom. The quantitative estimate of drug-likeness (QED) is 0.866. The first-order valence-electron chi connectivity index (χ1n) is 5.86. The van der Waals surface area contributed by atoms with Crippen LogP contribution in [0.15, 0.2) is 23.0 Å². The van der Waals surface area contributed by atoms with Crippen molar-refractivity contribution in [1.29, 1.82) is 0 Å². The third kappa shape index (κ3) is 1.94. The van der Waals surface area contributed by atoms with Crippen LogP contribution in [0.5, 0.6) is 0 Å². The number of para-hydroxylation sites is 1. The highest BCUT2D eigenvalue weighted by molar-refractivity contribution is 5.79. The van der Waals surface area contributed by atoms with E-state index in [0.717, 1.165) is 6.07 Å². The normalized spacial score (nSPS) is 20.3. The monoisotopic (exact) mass is 272 g/mol. The van der Waals surface area contributed by atoms with Gasteiger partial charge in [-0.3, -0.25) is 4.57 Å². The minimum absolute atomic E-state index is 0.0875. The summed E-state index contributed by atoms with van der Waals surface area (Å²) in [5, 5.41) is 0. The number of aromatic amines is 1. The van der Waals surface area contributed by atoms with E-state index in [2.05, 4.69) is 4.98 Å². The summed E-state index contributed by atoms with van der Waals surface area (Å²) in [6.07, 6.45) is -3.95. The Bertz CT molecular complexity index is 666. The third-order valence-electron chi connectivity index (χ3n) is 3.31. The molecule has 102 valence electrons. The molecule has 2 heterocycles. The van der Waals surface area contributed by atoms with Crippen molar-refractivity contribution in [3.05, 3.63) is 34.2 Å². The summed E-state index contributed by atoms with van der Waals surface area (Å²) in [4.78, 5) is 14.4. The Labute approximate surface area is 105 Å². The van der Waals surface area contributed by atoms with Gasteiger partial charge in [0, 0.05) is 6.61 Å². The standard InChI is InChI=1S/C12H11F3N2O2/c13-12(14,15)8-2-1-3-9-10(8)17(11(18)16-9)7-4-5-19-6-7/h1-3,7H,4-6H2,(H,16,18). The Hall–Kier alpha value is -1.76. The number of hydrogen-bond donors (Lipinski definition) is 1. The predicted molar refractivity (Wildman–Crippen MR) is 62.0 cm³/mol. The van der Waals surface area contributed by atoms with Crippen LogP contribution in [-0.4, -0.2) is 22.8 Å². The molecule has 1 aromatic carbocycles. The topological polar surface area (TPSA) is 47.0 Å². The fraction of sp³-hybridized carbons (Fsp3) is 0.417. The van der Waals surface area contributed by atoms with E-state index >= 15 is 0 Å². The zero-order valence-electron chi connectivity index (χ0n) is 9.83. The largest absolute Gasteiger partial charge is 0.418 e. The van der Waals surface area contributed by atoms with E-state index < -0.39 is 17.4 Å². The lowest BCUT2D eigenvalue weighted by Crippen LogP contribution is -2.23. The number of hydrogen-bond acceptors (Lipinski definition) is 2. The highest BCUT2D eigenvalue weighted by Crippen LogP contribution is 2.35. The summed E-state index contributed by atoms with van der Waals surface area (Å²) >= 11 is 0. The van der Waals surface area contributed by atoms with E-state index in [1.807, 2.05) is 0 Å². The number of ether oxygens (including phenoxy) is 1. The predicted octanol–water partition coefficient (Wildman–Crippen LogP) is 2.31. The van der Waals surface area contributed by atoms with Gasteiger partial charge in [-0.15, -0.1) is 0 Å². The molecular weight excluding hydrogens is 261 g/mol. The number of alkyl halides is 3. The lowest BCUT2D eigenvalue weighted by atomic mass is 10.1. The van der Waals surface area contributed by atoms with E-state index in [9.17, 15) is 18.0 Å². The smallest absolute Gasteiger partial charge is 0.379 e. The van der Waals surface area contributed by atoms with Gasteiger partial charge in [0.1, 0.15) is 0 Å². The number of rotatable bonds is 1. The Kier molecular flexibility index (Phi) is 2.67. The first-order valence-corrected chi connectivity index (χ1v) is 5.86. The molecular formula is C12H11F3N2O2. The average Bonchev–Trinajstić information content (AvgIpc) is 2.92. The van der Waals surface area contributed by atoms with Crippen LogP contribution in [0.3, 0.4) is 0 Å². The fourth-order valence-corrected chi connectivity index (χ4v) is 2.48. The second-order valence-corrected chi connectivity index (χ2v) is 4.52. The van der Waals surface area contributed by atoms with Crippen molar-refractivity contribution in [3.8, 4) is 0 Å². The number of H-pyrrole nitrogens is 1. The van der Waals surface area contributed by atoms with Crippen LogP contribution in [0.25, 0.3) is 11.0 Å². The fourth-order valence-electron chi connectivity index (χ4n) is 2.48. The van der Waals surface area contributed by atoms with Crippen molar-refractivity contribution in [3.63, 3.8) is 0 Å². The van der Waals surface area contributed by atoms with Crippen molar-refractivity contribution >= 4 is 11.0 Å². The summed E-state index contributed by atoms with van der Waals surface area (Å²) in [5.74, 6) is 0. The van der Waals surface area contributed by atoms with Gasteiger partial charge in [0.25, 0.3) is 0 Å². The van der Waals surface area contributed by atoms with Crippen LogP contribution < -0.4 is 5.69 Å². The molecule has 1 unspecified atom stereocenters. The zero-order valence-corrected chi connectivity index (χ0v) is 9.83. The highest BCUT2D eigenvalue weighted by atomic mass is 19.4. The van der Waals surface area contributed by atoms with E-state index in [-0.39, 0.29) is 23.7 Å². The van der Waals surface area contributed by atoms with Crippen LogP contribution in [-0.2, 0) is 10.9 Å². The SMILES string of the molecule is O=c1[nH]c2cccc(C(F)(F)F)c2n1C1CCOC1. The van der Waals surface area contributed by atoms with Gasteiger partial charge in [-0.1, -0.05) is 6.07 Å². The summed E-state index contributed by atoms with van der Waals surface area (Å²) in [5.41, 5.74) is -1.21. The number of fused-ring (bicyclic) bond motifs is 1. The molecule has 1 N–H and O–H groups in total. The van der Waals surface area contributed by atoms with Crippen LogP contribution in [0, 0.1) is 0 Å². The Morgan fingerprint density at radius 3 is 2.79 bits per heavy atom. The van der Waals surface area contributed by atoms with Gasteiger partial charge in [-0.05, 0) is 18.6 Å². The lowest BCUT2D eigenvalue weighted by molar-refractivity contribution is -0.136. The molecule has 1 aliphatic rings. The minimum Gasteiger partial charge on any atom is -0.379 e. The second kappa shape index (κ2) is 4.12. The molecule has 3 rings (SSSR count). The van der Waals surface area contributed by atoms with Crippen LogP contribution >= 0.6 is 0 Å². The van der Waals surface area contributed by atoms with Crippen molar-refractivity contribution < 1.29 is 17.9 Å². The van der Waals surface area contributed by atoms with E-state index in [4.69, 9.17) is 4.74 Å². The van der Waals surface area contributed by atoms with Gasteiger partial charge in [-0.25, -0.2) is 4.79 Å². The van der Waals surface area contributed by atoms with E-state index in [0.29, 0.717) is 13.0 Å². The number of aromatic nitrogens is 2. The molecule has 1 aliphatic heterocycles. The van der Waals surface area contributed by atoms with Crippen molar-refractivity contribution in [1.82, 2.24) is 9.55 Å². The maximum atomic E-state index is 13.0. The molecule has 19 heavy (non-hydrogen) atoms. The first kappa shape index (κ1) is 12.3. The maximum Gasteiger partial charge on any atom is 0.418 e. The van der Waals surface area contributed by atoms with Gasteiger partial charge in [-0.2, -0.15) is 13.2 Å². The Balaban J connectivity index is 2.31. The highest BCUT2D eigenvalue weighted by Gasteiger charge is 2.35. The van der Waals surface area contributed by atoms with Crippen LogP contribution in [0.1, 0.15) is 18.0 Å². The maximum absolute atomic E-state index is 13.0. The number of nitrogens with zero attached hydrogens (tertiary/aromatic N) is 1. The number of nitrogens with one attached hydrogen (secondary N) is 1. The molecule has 2 aromatic rings. The number of halogens is 3. The third-order valence-corrected chi connectivity index (χ3v) is 3.31. The molecule has 1 saturated heterocycles. The molecule has 1 aromatic heterocycles. The zero-order chi connectivity index (χ0) is 13.6. The molecule has 4 nitrogen and oxygen atoms in total. The second-order valence-electron chi connectivity index (χ2n) is 4.52. The van der Waals surface area contributed by atoms with Crippen molar-refractivity contribution in [2.75, 3.05) is 13.2 Å². The van der Waals surface area contributed by atoms with E-state index in [1.165, 1.54) is 16.7 Å². The summed E-state index contributed by atoms with van der Waals surface area (Å²) in [6.45, 7) is 0.719. The van der Waals surface area contributed by atoms with Crippen LogP contribution in [0.4, 0.5) is 13.2 Å². The van der Waals surface area contributed by atoms with Crippen molar-refractivity contribution in [2.24, 2.45) is 0 Å². The average molecular weight is 272 g/mol. The Morgan fingerprint density at radius 2 is 2.16 bits per heavy atom. The lowest BCUT2D eigenvalue weighted by Gasteiger charge is -2.14. The molecule has 0 aliphatic carbocycles. The molecule has 1 fully saturated rings. The minimum atomic E-state index is -4.49. The van der Waals surface area contributed by atoms with Gasteiger partial charge in [0.05, 0.1) is 29.2 Å². The number of imidazole rings is 1. The van der Waals surface area contributed by atoms with Gasteiger partial charge >= 0.3 is 11.9 Å². The molecule has 0 saturated carbocycles. The molecule has 1 atom stereocenters. The van der Waals surface area contributed by atoms with Gasteiger partial charge in [0.15, 0.2) is 0 Å². The molecule has 7 heteroatoms. The molecule has 0 spiro atoms. The van der Waals surface area contributed by atoms with E-state index in [1.54, 1.807) is 0 Å². The van der Waals surface area contributed by atoms with Gasteiger partial charge in [0.2, 0.25) is 0 Å². The summed E-state index contributed by atoms with van der Waals surface area (Å²) < 4.78 is 45.4. The first-order chi connectivity index (χ1) is 8.98. The number of benzene rings is 1. The molecule has 0 radical (unpaired) electrons.